The molecular weight excluding hydrogens is 345 g/mol. The Balaban J connectivity index is 1.96. The maximum atomic E-state index is 9.65. The fourth-order valence-electron chi connectivity index (χ4n) is 2.93. The van der Waals surface area contributed by atoms with Crippen LogP contribution in [0.25, 0.3) is 16.9 Å². The molecule has 1 atom stereocenters. The predicted molar refractivity (Wildman–Crippen MR) is 95.6 cm³/mol. The fraction of sp³-hybridized carbons (Fsp3) is 0.0588. The molecule has 0 radical (unpaired) electrons. The minimum atomic E-state index is -0.509. The fourth-order valence-corrected chi connectivity index (χ4v) is 3.35. The normalized spacial score (nSPS) is 16.6. The molecule has 24 heavy (non-hydrogen) atoms. The van der Waals surface area contributed by atoms with Gasteiger partial charge in [0.15, 0.2) is 0 Å². The van der Waals surface area contributed by atoms with Crippen LogP contribution < -0.4 is 11.1 Å². The monoisotopic (exact) mass is 355 g/mol. The summed E-state index contributed by atoms with van der Waals surface area (Å²) in [7, 11) is 0. The van der Waals surface area contributed by atoms with Gasteiger partial charge in [-0.25, -0.2) is 4.98 Å². The molecule has 0 unspecified atom stereocenters. The number of nitrogens with one attached hydrogen (secondary N) is 1. The second-order valence-corrected chi connectivity index (χ2v) is 6.18. The van der Waals surface area contributed by atoms with Crippen LogP contribution in [0.4, 0.5) is 5.95 Å². The van der Waals surface area contributed by atoms with Gasteiger partial charge in [0.25, 0.3) is 0 Å². The first-order valence-electron chi connectivity index (χ1n) is 7.20. The first-order chi connectivity index (χ1) is 11.6. The van der Waals surface area contributed by atoms with Gasteiger partial charge >= 0.3 is 0 Å². The summed E-state index contributed by atoms with van der Waals surface area (Å²) < 4.78 is 1.74. The van der Waals surface area contributed by atoms with Crippen LogP contribution in [-0.2, 0) is 0 Å². The summed E-state index contributed by atoms with van der Waals surface area (Å²) >= 11 is 12.4. The number of hydrogen-bond donors (Lipinski definition) is 2. The van der Waals surface area contributed by atoms with Gasteiger partial charge in [0.05, 0.1) is 32.7 Å². The Morgan fingerprint density at radius 2 is 1.96 bits per heavy atom. The van der Waals surface area contributed by atoms with Crippen LogP contribution >= 0.6 is 23.2 Å². The van der Waals surface area contributed by atoms with Gasteiger partial charge in [-0.05, 0) is 23.8 Å². The van der Waals surface area contributed by atoms with Crippen LogP contribution in [0.2, 0.25) is 10.0 Å². The van der Waals surface area contributed by atoms with Gasteiger partial charge in [0.2, 0.25) is 5.95 Å². The first-order valence-corrected chi connectivity index (χ1v) is 7.95. The molecule has 0 saturated carbocycles. The second kappa shape index (κ2) is 5.45. The molecule has 0 spiro atoms. The molecular formula is C17H11Cl2N5. The molecule has 0 saturated heterocycles. The van der Waals surface area contributed by atoms with Crippen LogP contribution in [0.1, 0.15) is 11.6 Å². The highest BCUT2D eigenvalue weighted by molar-refractivity contribution is 6.42. The van der Waals surface area contributed by atoms with Gasteiger partial charge in [-0.3, -0.25) is 4.57 Å². The number of aromatic nitrogens is 2. The van der Waals surface area contributed by atoms with Crippen molar-refractivity contribution >= 4 is 46.0 Å². The standard InChI is InChI=1S/C17H11Cl2N5/c18-11-5-3-4-9(14(11)19)15-10(8-20)16(21)24-13-7-2-1-6-12(13)22-17(24)23-15/h1-7,15H,21H2,(H,22,23)/t15-/m0/s1. The molecule has 0 aliphatic carbocycles. The van der Waals surface area contributed by atoms with Crippen molar-refractivity contribution in [2.75, 3.05) is 5.32 Å². The minimum absolute atomic E-state index is 0.334. The Bertz CT molecular complexity index is 1040. The number of nitrogens with two attached hydrogens (primary N) is 1. The molecule has 2 aromatic carbocycles. The number of hydrogen-bond acceptors (Lipinski definition) is 4. The summed E-state index contributed by atoms with van der Waals surface area (Å²) in [6, 6.07) is 14.6. The molecule has 3 N–H and O–H groups in total. The van der Waals surface area contributed by atoms with Crippen molar-refractivity contribution in [2.45, 2.75) is 6.04 Å². The lowest BCUT2D eigenvalue weighted by atomic mass is 9.98. The van der Waals surface area contributed by atoms with E-state index < -0.39 is 6.04 Å². The third-order valence-electron chi connectivity index (χ3n) is 4.05. The molecule has 4 rings (SSSR count). The Hall–Kier alpha value is -2.68. The molecule has 1 aliphatic rings. The third-order valence-corrected chi connectivity index (χ3v) is 4.89. The zero-order valence-electron chi connectivity index (χ0n) is 12.3. The summed E-state index contributed by atoms with van der Waals surface area (Å²) in [5.74, 6) is 0.898. The molecule has 118 valence electrons. The number of fused-ring (bicyclic) bond motifs is 3. The number of nitriles is 1. The molecule has 0 amide bonds. The van der Waals surface area contributed by atoms with Gasteiger partial charge in [-0.15, -0.1) is 0 Å². The molecule has 1 aliphatic heterocycles. The van der Waals surface area contributed by atoms with Crippen molar-refractivity contribution < 1.29 is 0 Å². The van der Waals surface area contributed by atoms with E-state index in [4.69, 9.17) is 28.9 Å². The summed E-state index contributed by atoms with van der Waals surface area (Å²) in [6.45, 7) is 0. The van der Waals surface area contributed by atoms with Crippen molar-refractivity contribution in [3.05, 3.63) is 63.6 Å². The van der Waals surface area contributed by atoms with E-state index in [0.717, 1.165) is 11.0 Å². The van der Waals surface area contributed by atoms with E-state index >= 15 is 0 Å². The molecule has 3 aromatic rings. The van der Waals surface area contributed by atoms with Crippen molar-refractivity contribution in [2.24, 2.45) is 5.73 Å². The molecule has 1 aromatic heterocycles. The maximum Gasteiger partial charge on any atom is 0.210 e. The van der Waals surface area contributed by atoms with Crippen molar-refractivity contribution in [3.63, 3.8) is 0 Å². The van der Waals surface area contributed by atoms with E-state index in [9.17, 15) is 5.26 Å². The zero-order chi connectivity index (χ0) is 16.8. The lowest BCUT2D eigenvalue weighted by Gasteiger charge is -2.27. The lowest BCUT2D eigenvalue weighted by molar-refractivity contribution is 0.857. The summed E-state index contributed by atoms with van der Waals surface area (Å²) in [5, 5.41) is 13.7. The number of imidazole rings is 1. The number of para-hydroxylation sites is 2. The number of benzene rings is 2. The topological polar surface area (TPSA) is 79.7 Å². The van der Waals surface area contributed by atoms with Gasteiger partial charge in [-0.1, -0.05) is 47.5 Å². The van der Waals surface area contributed by atoms with Gasteiger partial charge < -0.3 is 11.1 Å². The minimum Gasteiger partial charge on any atom is -0.384 e. The molecule has 0 bridgehead atoms. The number of anilines is 1. The summed E-state index contributed by atoms with van der Waals surface area (Å²) in [5.41, 5.74) is 8.97. The van der Waals surface area contributed by atoms with Gasteiger partial charge in [-0.2, -0.15) is 5.26 Å². The number of halogens is 2. The first kappa shape index (κ1) is 14.9. The molecule has 5 nitrogen and oxygen atoms in total. The van der Waals surface area contributed by atoms with Crippen LogP contribution in [0, 0.1) is 11.3 Å². The van der Waals surface area contributed by atoms with E-state index in [1.807, 2.05) is 30.3 Å². The van der Waals surface area contributed by atoms with E-state index in [1.165, 1.54) is 0 Å². The maximum absolute atomic E-state index is 9.65. The highest BCUT2D eigenvalue weighted by atomic mass is 35.5. The third kappa shape index (κ3) is 2.04. The van der Waals surface area contributed by atoms with Crippen LogP contribution in [0.3, 0.4) is 0 Å². The highest BCUT2D eigenvalue weighted by Crippen LogP contribution is 2.40. The average Bonchev–Trinajstić information content (AvgIpc) is 2.96. The Morgan fingerprint density at radius 3 is 2.75 bits per heavy atom. The van der Waals surface area contributed by atoms with Crippen LogP contribution in [0.5, 0.6) is 0 Å². The zero-order valence-corrected chi connectivity index (χ0v) is 13.8. The van der Waals surface area contributed by atoms with Crippen molar-refractivity contribution in [1.82, 2.24) is 9.55 Å². The van der Waals surface area contributed by atoms with E-state index in [2.05, 4.69) is 16.4 Å². The number of rotatable bonds is 1. The quantitative estimate of drug-likeness (QED) is 0.686. The predicted octanol–water partition coefficient (Wildman–Crippen LogP) is 4.16. The second-order valence-electron chi connectivity index (χ2n) is 5.39. The van der Waals surface area contributed by atoms with E-state index in [-0.39, 0.29) is 0 Å². The molecule has 0 fully saturated rings. The molecule has 7 heteroatoms. The summed E-state index contributed by atoms with van der Waals surface area (Å²) in [4.78, 5) is 4.55. The smallest absolute Gasteiger partial charge is 0.210 e. The summed E-state index contributed by atoms with van der Waals surface area (Å²) in [6.07, 6.45) is 0. The van der Waals surface area contributed by atoms with E-state index in [0.29, 0.717) is 33.0 Å². The Morgan fingerprint density at radius 1 is 1.17 bits per heavy atom. The van der Waals surface area contributed by atoms with Crippen LogP contribution in [-0.4, -0.2) is 9.55 Å². The average molecular weight is 356 g/mol. The van der Waals surface area contributed by atoms with Crippen molar-refractivity contribution in [3.8, 4) is 6.07 Å². The highest BCUT2D eigenvalue weighted by Gasteiger charge is 2.31. The van der Waals surface area contributed by atoms with Gasteiger partial charge in [0, 0.05) is 0 Å². The van der Waals surface area contributed by atoms with Crippen molar-refractivity contribution in [1.29, 1.82) is 5.26 Å². The van der Waals surface area contributed by atoms with Crippen LogP contribution in [0.15, 0.2) is 48.0 Å². The Labute approximate surface area is 147 Å². The van der Waals surface area contributed by atoms with Gasteiger partial charge in [0.1, 0.15) is 11.9 Å². The largest absolute Gasteiger partial charge is 0.384 e. The number of nitrogens with zero attached hydrogens (tertiary/aromatic N) is 3. The SMILES string of the molecule is N#CC1=C(N)n2c(nc3ccccc32)N[C@H]1c1cccc(Cl)c1Cl. The van der Waals surface area contributed by atoms with E-state index in [1.54, 1.807) is 16.7 Å². The molecule has 2 heterocycles. The Kier molecular flexibility index (Phi) is 3.38. The lowest BCUT2D eigenvalue weighted by Crippen LogP contribution is -2.26.